The molecule has 11 rings (SSSR count). The number of nitrogens with zero attached hydrogens (tertiary/aromatic N) is 2. The first-order valence-electron chi connectivity index (χ1n) is 20.5. The van der Waals surface area contributed by atoms with Gasteiger partial charge in [0.2, 0.25) is 0 Å². The zero-order chi connectivity index (χ0) is 40.3. The van der Waals surface area contributed by atoms with Crippen LogP contribution in [0.4, 0.5) is 0 Å². The van der Waals surface area contributed by atoms with Crippen LogP contribution in [0.3, 0.4) is 0 Å². The fraction of sp³-hybridized carbons (Fsp3) is 0.0714. The molecule has 2 atom stereocenters. The molecule has 0 N–H and O–H groups in total. The number of hydrogen-bond donors (Lipinski definition) is 0. The molecule has 0 spiro atoms. The van der Waals surface area contributed by atoms with E-state index in [2.05, 4.69) is 207 Å². The van der Waals surface area contributed by atoms with Gasteiger partial charge in [0.1, 0.15) is 0 Å². The maximum Gasteiger partial charge on any atom is 0.0824 e. The van der Waals surface area contributed by atoms with Gasteiger partial charge in [0.05, 0.1) is 27.5 Å². The smallest absolute Gasteiger partial charge is 0.0824 e. The number of aromatic nitrogens is 1. The number of aliphatic imine (C=N–C) groups is 1. The van der Waals surface area contributed by atoms with Gasteiger partial charge >= 0.3 is 0 Å². The van der Waals surface area contributed by atoms with Crippen molar-refractivity contribution >= 4 is 96.1 Å². The maximum atomic E-state index is 5.46. The van der Waals surface area contributed by atoms with E-state index in [0.717, 1.165) is 22.4 Å². The lowest BCUT2D eigenvalue weighted by Gasteiger charge is -2.24. The average molecular weight is 805 g/mol. The standard InChI is InChI=1S/C56H40N2S2/c1-4-41(37-17-7-5-8-18-37)35(2)54(38-19-9-6-10-20-38)57-36(3)39-29-31-45-48-33-40(30-32-52(48)59-53(45)34-39)42-23-15-24-46-47-25-16-28-51(56(47)60-55(42)46)58-49-26-13-11-21-43(49)44-22-12-14-27-50(44)58/h5-35,54H,1H2,2-3H3. The van der Waals surface area contributed by atoms with Crippen LogP contribution < -0.4 is 0 Å². The Morgan fingerprint density at radius 3 is 1.93 bits per heavy atom. The van der Waals surface area contributed by atoms with Gasteiger partial charge in [-0.05, 0) is 71.1 Å². The SMILES string of the molecule is C=C=C(c1ccccc1)C(C)C(N=C(C)c1ccc2c(c1)sc1ccc(-c3cccc4c3sc3c(-n5c6ccccc6c6ccccc65)cccc34)cc12)c1ccccc1. The molecule has 286 valence electrons. The van der Waals surface area contributed by atoms with E-state index in [1.54, 1.807) is 0 Å². The number of rotatable bonds is 8. The second-order valence-corrected chi connectivity index (χ2v) is 17.8. The predicted octanol–water partition coefficient (Wildman–Crippen LogP) is 16.2. The van der Waals surface area contributed by atoms with Crippen molar-refractivity contribution in [3.05, 3.63) is 211 Å². The van der Waals surface area contributed by atoms with Crippen molar-refractivity contribution in [3.8, 4) is 16.8 Å². The van der Waals surface area contributed by atoms with Crippen LogP contribution in [0.15, 0.2) is 199 Å². The van der Waals surface area contributed by atoms with Gasteiger partial charge in [0.25, 0.3) is 0 Å². The Morgan fingerprint density at radius 1 is 0.550 bits per heavy atom. The normalized spacial score (nSPS) is 13.1. The molecule has 0 aliphatic heterocycles. The van der Waals surface area contributed by atoms with E-state index in [9.17, 15) is 0 Å². The Morgan fingerprint density at radius 2 is 1.20 bits per heavy atom. The molecule has 0 bridgehead atoms. The molecule has 2 unspecified atom stereocenters. The summed E-state index contributed by atoms with van der Waals surface area (Å²) in [6, 6.07) is 66.0. The summed E-state index contributed by atoms with van der Waals surface area (Å²) in [5, 5.41) is 7.72. The highest BCUT2D eigenvalue weighted by Gasteiger charge is 2.24. The second kappa shape index (κ2) is 14.8. The third-order valence-corrected chi connectivity index (χ3v) is 14.6. The van der Waals surface area contributed by atoms with Crippen LogP contribution >= 0.6 is 22.7 Å². The van der Waals surface area contributed by atoms with E-state index in [4.69, 9.17) is 4.99 Å². The van der Waals surface area contributed by atoms with Crippen LogP contribution in [0, 0.1) is 5.92 Å². The van der Waals surface area contributed by atoms with Crippen LogP contribution in [0.25, 0.3) is 84.5 Å². The molecule has 4 heteroatoms. The molecular weight excluding hydrogens is 765 g/mol. The number of benzene rings is 8. The molecule has 0 aliphatic rings. The number of thiophene rings is 2. The second-order valence-electron chi connectivity index (χ2n) is 15.6. The fourth-order valence-corrected chi connectivity index (χ4v) is 11.7. The van der Waals surface area contributed by atoms with Gasteiger partial charge in [-0.25, -0.2) is 0 Å². The molecule has 0 fully saturated rings. The zero-order valence-electron chi connectivity index (χ0n) is 33.4. The van der Waals surface area contributed by atoms with Crippen molar-refractivity contribution in [2.75, 3.05) is 0 Å². The van der Waals surface area contributed by atoms with E-state index < -0.39 is 0 Å². The van der Waals surface area contributed by atoms with Gasteiger partial charge in [0, 0.05) is 63.6 Å². The minimum absolute atomic E-state index is 0.0689. The van der Waals surface area contributed by atoms with E-state index in [-0.39, 0.29) is 12.0 Å². The first kappa shape index (κ1) is 36.3. The van der Waals surface area contributed by atoms with Crippen molar-refractivity contribution in [2.45, 2.75) is 19.9 Å². The summed E-state index contributed by atoms with van der Waals surface area (Å²) in [4.78, 5) is 5.46. The molecule has 2 nitrogen and oxygen atoms in total. The van der Waals surface area contributed by atoms with E-state index in [1.165, 1.54) is 84.5 Å². The lowest BCUT2D eigenvalue weighted by atomic mass is 9.85. The summed E-state index contributed by atoms with van der Waals surface area (Å²) < 4.78 is 7.63. The highest BCUT2D eigenvalue weighted by atomic mass is 32.1. The van der Waals surface area contributed by atoms with Crippen molar-refractivity contribution in [1.82, 2.24) is 4.57 Å². The zero-order valence-corrected chi connectivity index (χ0v) is 35.0. The van der Waals surface area contributed by atoms with Crippen molar-refractivity contribution in [3.63, 3.8) is 0 Å². The van der Waals surface area contributed by atoms with Gasteiger partial charge in [-0.2, -0.15) is 0 Å². The number of hydrogen-bond acceptors (Lipinski definition) is 3. The van der Waals surface area contributed by atoms with Crippen molar-refractivity contribution < 1.29 is 0 Å². The predicted molar refractivity (Wildman–Crippen MR) is 262 cm³/mol. The summed E-state index contributed by atoms with van der Waals surface area (Å²) in [5.74, 6) is 0.0689. The van der Waals surface area contributed by atoms with E-state index >= 15 is 0 Å². The molecule has 8 aromatic carbocycles. The summed E-state index contributed by atoms with van der Waals surface area (Å²) in [6.45, 7) is 8.49. The number of para-hydroxylation sites is 2. The molecule has 0 amide bonds. The average Bonchev–Trinajstić information content (AvgIpc) is 3.98. The fourth-order valence-electron chi connectivity index (χ4n) is 9.27. The molecule has 60 heavy (non-hydrogen) atoms. The highest BCUT2D eigenvalue weighted by molar-refractivity contribution is 7.27. The highest BCUT2D eigenvalue weighted by Crippen LogP contribution is 2.45. The van der Waals surface area contributed by atoms with Gasteiger partial charge in [-0.1, -0.05) is 159 Å². The minimum Gasteiger partial charge on any atom is -0.308 e. The van der Waals surface area contributed by atoms with Crippen molar-refractivity contribution in [1.29, 1.82) is 0 Å². The molecular formula is C56H40N2S2. The minimum atomic E-state index is -0.0917. The van der Waals surface area contributed by atoms with Crippen LogP contribution in [-0.2, 0) is 0 Å². The number of fused-ring (bicyclic) bond motifs is 9. The molecule has 0 saturated heterocycles. The lowest BCUT2D eigenvalue weighted by molar-refractivity contribution is 0.585. The van der Waals surface area contributed by atoms with Crippen LogP contribution in [-0.4, -0.2) is 10.3 Å². The molecule has 0 aliphatic carbocycles. The van der Waals surface area contributed by atoms with Gasteiger partial charge in [-0.15, -0.1) is 28.4 Å². The largest absolute Gasteiger partial charge is 0.308 e. The summed E-state index contributed by atoms with van der Waals surface area (Å²) in [6.07, 6.45) is 0. The molecule has 0 radical (unpaired) electrons. The molecule has 11 aromatic rings. The monoisotopic (exact) mass is 804 g/mol. The topological polar surface area (TPSA) is 17.3 Å². The Balaban J connectivity index is 0.987. The summed E-state index contributed by atoms with van der Waals surface area (Å²) >= 11 is 3.76. The Labute approximate surface area is 357 Å². The first-order chi connectivity index (χ1) is 29.6. The van der Waals surface area contributed by atoms with Gasteiger partial charge in [0.15, 0.2) is 0 Å². The summed E-state index contributed by atoms with van der Waals surface area (Å²) in [7, 11) is 0. The molecule has 3 heterocycles. The lowest BCUT2D eigenvalue weighted by Crippen LogP contribution is -2.12. The third kappa shape index (κ3) is 5.95. The van der Waals surface area contributed by atoms with Crippen LogP contribution in [0.1, 0.15) is 36.6 Å². The molecule has 3 aromatic heterocycles. The maximum absolute atomic E-state index is 5.46. The van der Waals surface area contributed by atoms with Gasteiger partial charge < -0.3 is 4.57 Å². The Kier molecular flexibility index (Phi) is 8.94. The third-order valence-electron chi connectivity index (χ3n) is 12.2. The van der Waals surface area contributed by atoms with E-state index in [0.29, 0.717) is 0 Å². The summed E-state index contributed by atoms with van der Waals surface area (Å²) in [5.41, 5.74) is 15.0. The Bertz CT molecular complexity index is 3470. The van der Waals surface area contributed by atoms with Crippen molar-refractivity contribution in [2.24, 2.45) is 10.9 Å². The Hall–Kier alpha value is -6.81. The first-order valence-corrected chi connectivity index (χ1v) is 22.1. The van der Waals surface area contributed by atoms with Crippen LogP contribution in [0.5, 0.6) is 0 Å². The van der Waals surface area contributed by atoms with E-state index in [1.807, 2.05) is 28.7 Å². The quantitative estimate of drug-likeness (QED) is 0.108. The van der Waals surface area contributed by atoms with Gasteiger partial charge in [-0.3, -0.25) is 4.99 Å². The van der Waals surface area contributed by atoms with Crippen LogP contribution in [0.2, 0.25) is 0 Å². The molecule has 0 saturated carbocycles.